The van der Waals surface area contributed by atoms with Crippen LogP contribution in [0.4, 0.5) is 0 Å². The van der Waals surface area contributed by atoms with E-state index in [2.05, 4.69) is 76.2 Å². The van der Waals surface area contributed by atoms with E-state index in [1.54, 1.807) is 0 Å². The Kier molecular flexibility index (Phi) is 10.8. The lowest BCUT2D eigenvalue weighted by atomic mass is 10.1. The summed E-state index contributed by atoms with van der Waals surface area (Å²) in [6, 6.07) is 21.0. The molecule has 0 N–H and O–H groups in total. The lowest BCUT2D eigenvalue weighted by Gasteiger charge is -2.43. The Morgan fingerprint density at radius 2 is 1.33 bits per heavy atom. The van der Waals surface area contributed by atoms with Gasteiger partial charge in [-0.15, -0.1) is 0 Å². The van der Waals surface area contributed by atoms with Crippen molar-refractivity contribution in [3.63, 3.8) is 0 Å². The van der Waals surface area contributed by atoms with E-state index < -0.39 is 18.4 Å². The molecule has 0 heterocycles. The minimum atomic E-state index is -3.51. The van der Waals surface area contributed by atoms with E-state index in [1.807, 2.05) is 12.1 Å². The van der Waals surface area contributed by atoms with Gasteiger partial charge in [-0.2, -0.15) is 8.42 Å². The molecule has 0 fully saturated rings. The van der Waals surface area contributed by atoms with Gasteiger partial charge in [-0.1, -0.05) is 120 Å². The summed E-state index contributed by atoms with van der Waals surface area (Å²) in [4.78, 5) is 0. The minimum absolute atomic E-state index is 0.108. The second-order valence-corrected chi connectivity index (χ2v) is 15.8. The number of unbranched alkanes of at least 4 members (excludes halogenated alkanes) is 4. The second-order valence-electron chi connectivity index (χ2n) is 9.93. The second kappa shape index (κ2) is 12.8. The zero-order valence-electron chi connectivity index (χ0n) is 21.0. The van der Waals surface area contributed by atoms with Gasteiger partial charge in [0.1, 0.15) is 0 Å². The molecule has 2 aromatic rings. The van der Waals surface area contributed by atoms with Crippen molar-refractivity contribution in [1.29, 1.82) is 0 Å². The summed E-state index contributed by atoms with van der Waals surface area (Å²) in [5.41, 5.74) is 0. The van der Waals surface area contributed by atoms with Crippen LogP contribution in [0.15, 0.2) is 60.7 Å². The van der Waals surface area contributed by atoms with Crippen molar-refractivity contribution in [1.82, 2.24) is 0 Å². The summed E-state index contributed by atoms with van der Waals surface area (Å²) >= 11 is 0. The average Bonchev–Trinajstić information content (AvgIpc) is 2.76. The number of hydrogen-bond acceptors (Lipinski definition) is 4. The maximum atomic E-state index is 11.9. The van der Waals surface area contributed by atoms with Crippen LogP contribution in [-0.2, 0) is 18.7 Å². The van der Waals surface area contributed by atoms with Crippen molar-refractivity contribution in [3.05, 3.63) is 60.7 Å². The zero-order chi connectivity index (χ0) is 24.4. The Morgan fingerprint density at radius 1 is 0.818 bits per heavy atom. The first-order valence-corrected chi connectivity index (χ1v) is 16.0. The van der Waals surface area contributed by atoms with Gasteiger partial charge in [-0.05, 0) is 28.3 Å². The van der Waals surface area contributed by atoms with E-state index in [0.717, 1.165) is 25.5 Å². The highest BCUT2D eigenvalue weighted by atomic mass is 32.2. The summed E-state index contributed by atoms with van der Waals surface area (Å²) in [7, 11) is -6.14. The molecule has 2 rings (SSSR count). The maximum Gasteiger partial charge on any atom is 0.264 e. The summed E-state index contributed by atoms with van der Waals surface area (Å²) in [6.07, 6.45) is 7.75. The third kappa shape index (κ3) is 8.36. The molecule has 6 heteroatoms. The Hall–Kier alpha value is -1.47. The van der Waals surface area contributed by atoms with Crippen molar-refractivity contribution < 1.29 is 17.0 Å². The Balaban J connectivity index is 2.25. The predicted octanol–water partition coefficient (Wildman–Crippen LogP) is 5.66. The van der Waals surface area contributed by atoms with Gasteiger partial charge in [-0.3, -0.25) is 4.18 Å². The summed E-state index contributed by atoms with van der Waals surface area (Å²) in [5.74, 6) is 0. The van der Waals surface area contributed by atoms with Crippen LogP contribution in [-0.4, -0.2) is 35.7 Å². The first kappa shape index (κ1) is 27.8. The molecular weight excluding hydrogens is 448 g/mol. The topological polar surface area (TPSA) is 52.6 Å². The van der Waals surface area contributed by atoms with Gasteiger partial charge in [0.2, 0.25) is 0 Å². The largest absolute Gasteiger partial charge is 0.407 e. The molecule has 0 bridgehead atoms. The molecule has 0 aliphatic carbocycles. The van der Waals surface area contributed by atoms with E-state index in [4.69, 9.17) is 8.61 Å². The van der Waals surface area contributed by atoms with Gasteiger partial charge in [0.05, 0.1) is 12.4 Å². The molecule has 0 aliphatic heterocycles. The number of benzene rings is 2. The fraction of sp³-hybridized carbons (Fsp3) is 0.556. The van der Waals surface area contributed by atoms with Crippen LogP contribution < -0.4 is 10.4 Å². The van der Waals surface area contributed by atoms with Gasteiger partial charge in [-0.25, -0.2) is 0 Å². The van der Waals surface area contributed by atoms with E-state index in [9.17, 15) is 8.42 Å². The van der Waals surface area contributed by atoms with Crippen LogP contribution in [0.2, 0.25) is 5.04 Å². The first-order valence-electron chi connectivity index (χ1n) is 12.2. The molecule has 0 amide bonds. The lowest BCUT2D eigenvalue weighted by Crippen LogP contribution is -2.66. The van der Waals surface area contributed by atoms with Crippen molar-refractivity contribution >= 4 is 28.8 Å². The minimum Gasteiger partial charge on any atom is -0.407 e. The highest BCUT2D eigenvalue weighted by Gasteiger charge is 2.50. The fourth-order valence-corrected chi connectivity index (χ4v) is 9.83. The molecule has 2 aromatic carbocycles. The SMILES string of the molecule is CCCCCCC[C@@H](CCO[Si](c1ccccc1)(c1ccccc1)C(C)(C)C)OS(C)(=O)=O. The Morgan fingerprint density at radius 3 is 1.79 bits per heavy atom. The van der Waals surface area contributed by atoms with Gasteiger partial charge in [0.15, 0.2) is 0 Å². The zero-order valence-corrected chi connectivity index (χ0v) is 22.9. The van der Waals surface area contributed by atoms with E-state index in [-0.39, 0.29) is 11.1 Å². The monoisotopic (exact) mass is 490 g/mol. The first-order chi connectivity index (χ1) is 15.6. The third-order valence-electron chi connectivity index (χ3n) is 6.12. The molecule has 4 nitrogen and oxygen atoms in total. The highest BCUT2D eigenvalue weighted by Crippen LogP contribution is 2.37. The Labute approximate surface area is 203 Å². The van der Waals surface area contributed by atoms with Crippen molar-refractivity contribution in [3.8, 4) is 0 Å². The van der Waals surface area contributed by atoms with Crippen molar-refractivity contribution in [2.24, 2.45) is 0 Å². The smallest absolute Gasteiger partial charge is 0.264 e. The van der Waals surface area contributed by atoms with E-state index >= 15 is 0 Å². The Bertz CT molecular complexity index is 869. The van der Waals surface area contributed by atoms with E-state index in [0.29, 0.717) is 13.0 Å². The molecule has 33 heavy (non-hydrogen) atoms. The van der Waals surface area contributed by atoms with Crippen LogP contribution in [0.25, 0.3) is 0 Å². The molecule has 0 unspecified atom stereocenters. The third-order valence-corrected chi connectivity index (χ3v) is 11.8. The van der Waals surface area contributed by atoms with Crippen molar-refractivity contribution in [2.45, 2.75) is 83.8 Å². The average molecular weight is 491 g/mol. The van der Waals surface area contributed by atoms with Crippen LogP contribution in [0.3, 0.4) is 0 Å². The van der Waals surface area contributed by atoms with Gasteiger partial charge in [0.25, 0.3) is 18.4 Å². The quantitative estimate of drug-likeness (QED) is 0.195. The molecule has 0 aliphatic rings. The molecule has 0 radical (unpaired) electrons. The molecule has 0 saturated carbocycles. The van der Waals surface area contributed by atoms with Gasteiger partial charge in [0, 0.05) is 6.61 Å². The lowest BCUT2D eigenvalue weighted by molar-refractivity contribution is 0.154. The van der Waals surface area contributed by atoms with Crippen molar-refractivity contribution in [2.75, 3.05) is 12.9 Å². The van der Waals surface area contributed by atoms with Crippen LogP contribution >= 0.6 is 0 Å². The standard InChI is InChI=1S/C27H42O4SSi/c1-6-7-8-9-12-17-24(31-32(5,28)29)22-23-30-33(27(2,3)4,25-18-13-10-14-19-25)26-20-15-11-16-21-26/h10-11,13-16,18-21,24H,6-9,12,17,22-23H2,1-5H3/t24-/m0/s1. The highest BCUT2D eigenvalue weighted by molar-refractivity contribution is 7.86. The molecule has 0 spiro atoms. The molecule has 184 valence electrons. The van der Waals surface area contributed by atoms with Crippen LogP contribution in [0.5, 0.6) is 0 Å². The number of hydrogen-bond donors (Lipinski definition) is 0. The molecule has 0 saturated heterocycles. The molecule has 1 atom stereocenters. The summed E-state index contributed by atoms with van der Waals surface area (Å²) in [5, 5.41) is 2.34. The molecule has 0 aromatic heterocycles. The molecular formula is C27H42O4SSi. The summed E-state index contributed by atoms with van der Waals surface area (Å²) in [6.45, 7) is 9.40. The van der Waals surface area contributed by atoms with Crippen LogP contribution in [0.1, 0.15) is 72.6 Å². The summed E-state index contributed by atoms with van der Waals surface area (Å²) < 4.78 is 36.2. The van der Waals surface area contributed by atoms with E-state index in [1.165, 1.54) is 29.6 Å². The van der Waals surface area contributed by atoms with Gasteiger partial charge >= 0.3 is 0 Å². The maximum absolute atomic E-state index is 11.9. The van der Waals surface area contributed by atoms with Crippen LogP contribution in [0, 0.1) is 0 Å². The predicted molar refractivity (Wildman–Crippen MR) is 141 cm³/mol. The normalized spacial score (nSPS) is 13.7. The fourth-order valence-electron chi connectivity index (χ4n) is 4.57. The number of rotatable bonds is 14. The van der Waals surface area contributed by atoms with Gasteiger partial charge < -0.3 is 4.43 Å².